The van der Waals surface area contributed by atoms with Crippen LogP contribution in [0.1, 0.15) is 17.3 Å². The van der Waals surface area contributed by atoms with Gasteiger partial charge < -0.3 is 10.4 Å². The van der Waals surface area contributed by atoms with E-state index < -0.39 is 29.8 Å². The van der Waals surface area contributed by atoms with Gasteiger partial charge in [0.25, 0.3) is 0 Å². The molecular formula is C11H10F3N5O2. The predicted molar refractivity (Wildman–Crippen MR) is 64.2 cm³/mol. The highest BCUT2D eigenvalue weighted by Gasteiger charge is 2.33. The summed E-state index contributed by atoms with van der Waals surface area (Å²) in [4.78, 5) is 18.1. The zero-order valence-corrected chi connectivity index (χ0v) is 10.7. The van der Waals surface area contributed by atoms with Gasteiger partial charge in [-0.05, 0) is 6.07 Å². The quantitative estimate of drug-likeness (QED) is 0.888. The summed E-state index contributed by atoms with van der Waals surface area (Å²) in [6, 6.07) is -0.604. The molecule has 0 aromatic carbocycles. The van der Waals surface area contributed by atoms with Crippen LogP contribution in [0, 0.1) is 0 Å². The molecule has 0 bridgehead atoms. The van der Waals surface area contributed by atoms with Crippen molar-refractivity contribution in [3.63, 3.8) is 0 Å². The number of carbonyl (C=O) groups is 1. The van der Waals surface area contributed by atoms with Crippen LogP contribution in [0.3, 0.4) is 0 Å². The average Bonchev–Trinajstić information content (AvgIpc) is 2.81. The largest absolute Gasteiger partial charge is 0.479 e. The van der Waals surface area contributed by atoms with E-state index in [1.807, 2.05) is 0 Å². The van der Waals surface area contributed by atoms with Gasteiger partial charge in [0.1, 0.15) is 5.69 Å². The molecule has 0 spiro atoms. The summed E-state index contributed by atoms with van der Waals surface area (Å²) >= 11 is 0. The van der Waals surface area contributed by atoms with Crippen molar-refractivity contribution in [1.82, 2.24) is 19.7 Å². The highest BCUT2D eigenvalue weighted by molar-refractivity contribution is 5.78. The van der Waals surface area contributed by atoms with Gasteiger partial charge in [-0.25, -0.2) is 14.8 Å². The van der Waals surface area contributed by atoms with Crippen molar-refractivity contribution in [3.05, 3.63) is 35.9 Å². The molecule has 0 aliphatic rings. The van der Waals surface area contributed by atoms with Gasteiger partial charge in [-0.1, -0.05) is 0 Å². The van der Waals surface area contributed by atoms with E-state index in [0.29, 0.717) is 6.07 Å². The molecule has 0 radical (unpaired) electrons. The minimum absolute atomic E-state index is 0.269. The van der Waals surface area contributed by atoms with Crippen molar-refractivity contribution < 1.29 is 23.1 Å². The normalized spacial score (nSPS) is 13.0. The fourth-order valence-electron chi connectivity index (χ4n) is 1.59. The maximum Gasteiger partial charge on any atom is 0.433 e. The topological polar surface area (TPSA) is 92.9 Å². The Morgan fingerprint density at radius 3 is 2.71 bits per heavy atom. The summed E-state index contributed by atoms with van der Waals surface area (Å²) in [6.45, 7) is 0. The van der Waals surface area contributed by atoms with E-state index in [9.17, 15) is 18.0 Å². The second-order valence-electron chi connectivity index (χ2n) is 4.13. The van der Waals surface area contributed by atoms with E-state index >= 15 is 0 Å². The smallest absolute Gasteiger partial charge is 0.433 e. The molecule has 0 amide bonds. The molecule has 7 nitrogen and oxygen atoms in total. The molecule has 1 atom stereocenters. The summed E-state index contributed by atoms with van der Waals surface area (Å²) < 4.78 is 39.0. The fourth-order valence-corrected chi connectivity index (χ4v) is 1.59. The molecule has 10 heteroatoms. The minimum Gasteiger partial charge on any atom is -0.479 e. The molecule has 0 aliphatic heterocycles. The molecule has 0 saturated carbocycles. The number of aromatic nitrogens is 4. The first-order valence-corrected chi connectivity index (χ1v) is 5.65. The van der Waals surface area contributed by atoms with Gasteiger partial charge in [0.15, 0.2) is 6.04 Å². The van der Waals surface area contributed by atoms with Crippen LogP contribution in [0.4, 0.5) is 19.1 Å². The highest BCUT2D eigenvalue weighted by atomic mass is 19.4. The number of hydrogen-bond donors (Lipinski definition) is 2. The van der Waals surface area contributed by atoms with Crippen LogP contribution in [0.25, 0.3) is 0 Å². The molecule has 2 aromatic heterocycles. The zero-order valence-electron chi connectivity index (χ0n) is 10.7. The fraction of sp³-hybridized carbons (Fsp3) is 0.273. The van der Waals surface area contributed by atoms with E-state index in [0.717, 1.165) is 6.20 Å². The van der Waals surface area contributed by atoms with E-state index in [-0.39, 0.29) is 5.56 Å². The Morgan fingerprint density at radius 1 is 1.48 bits per heavy atom. The number of aliphatic carboxylic acids is 1. The summed E-state index contributed by atoms with van der Waals surface area (Å²) in [6.07, 6.45) is -1.01. The molecule has 2 heterocycles. The monoisotopic (exact) mass is 301 g/mol. The summed E-state index contributed by atoms with van der Waals surface area (Å²) in [7, 11) is 1.59. The van der Waals surface area contributed by atoms with Crippen LogP contribution < -0.4 is 5.32 Å². The third kappa shape index (κ3) is 3.46. The molecule has 1 unspecified atom stereocenters. The zero-order chi connectivity index (χ0) is 15.6. The standard InChI is InChI=1S/C11H10F3N5O2/c1-19-5-6(4-16-19)8(9(20)21)18-10-15-3-2-7(17-10)11(12,13)14/h2-5,8H,1H3,(H,20,21)(H,15,17,18). The first kappa shape index (κ1) is 14.8. The first-order valence-electron chi connectivity index (χ1n) is 5.65. The second-order valence-corrected chi connectivity index (χ2v) is 4.13. The van der Waals surface area contributed by atoms with E-state index in [1.54, 1.807) is 7.05 Å². The lowest BCUT2D eigenvalue weighted by Crippen LogP contribution is -2.22. The number of hydrogen-bond acceptors (Lipinski definition) is 5. The molecule has 0 aliphatic carbocycles. The van der Waals surface area contributed by atoms with E-state index in [1.165, 1.54) is 17.1 Å². The van der Waals surface area contributed by atoms with Crippen molar-refractivity contribution in [2.45, 2.75) is 12.2 Å². The first-order chi connectivity index (χ1) is 9.77. The molecule has 0 saturated heterocycles. The Labute approximate surface area is 116 Å². The number of aryl methyl sites for hydroxylation is 1. The maximum atomic E-state index is 12.5. The number of halogens is 3. The number of alkyl halides is 3. The SMILES string of the molecule is Cn1cc(C(Nc2nccc(C(F)(F)F)n2)C(=O)O)cn1. The van der Waals surface area contributed by atoms with Crippen LogP contribution in [0.5, 0.6) is 0 Å². The number of carboxylic acid groups (broad SMARTS) is 1. The summed E-state index contributed by atoms with van der Waals surface area (Å²) in [5, 5.41) is 15.3. The van der Waals surface area contributed by atoms with Gasteiger partial charge in [-0.3, -0.25) is 4.68 Å². The number of carboxylic acids is 1. The molecule has 2 rings (SSSR count). The third-order valence-electron chi connectivity index (χ3n) is 2.52. The Kier molecular flexibility index (Phi) is 3.78. The predicted octanol–water partition coefficient (Wildman–Crippen LogP) is 1.47. The van der Waals surface area contributed by atoms with Crippen molar-refractivity contribution in [2.75, 3.05) is 5.32 Å². The Hall–Kier alpha value is -2.65. The molecular weight excluding hydrogens is 291 g/mol. The van der Waals surface area contributed by atoms with Gasteiger partial charge >= 0.3 is 12.1 Å². The maximum absolute atomic E-state index is 12.5. The Morgan fingerprint density at radius 2 is 2.19 bits per heavy atom. The van der Waals surface area contributed by atoms with Crippen molar-refractivity contribution in [2.24, 2.45) is 7.05 Å². The average molecular weight is 301 g/mol. The van der Waals surface area contributed by atoms with Crippen LogP contribution in [0.2, 0.25) is 0 Å². The van der Waals surface area contributed by atoms with Crippen molar-refractivity contribution >= 4 is 11.9 Å². The van der Waals surface area contributed by atoms with Crippen LogP contribution in [-0.4, -0.2) is 30.8 Å². The molecule has 0 fully saturated rings. The van der Waals surface area contributed by atoms with Gasteiger partial charge in [-0.15, -0.1) is 0 Å². The van der Waals surface area contributed by atoms with Gasteiger partial charge in [0, 0.05) is 25.0 Å². The molecule has 2 aromatic rings. The second kappa shape index (κ2) is 5.38. The Bertz CT molecular complexity index is 655. The number of anilines is 1. The number of nitrogens with zero attached hydrogens (tertiary/aromatic N) is 4. The lowest BCUT2D eigenvalue weighted by molar-refractivity contribution is -0.141. The van der Waals surface area contributed by atoms with Crippen LogP contribution in [-0.2, 0) is 18.0 Å². The number of nitrogens with one attached hydrogen (secondary N) is 1. The van der Waals surface area contributed by atoms with Gasteiger partial charge in [0.2, 0.25) is 5.95 Å². The van der Waals surface area contributed by atoms with Gasteiger partial charge in [-0.2, -0.15) is 18.3 Å². The van der Waals surface area contributed by atoms with Crippen molar-refractivity contribution in [3.8, 4) is 0 Å². The van der Waals surface area contributed by atoms with E-state index in [4.69, 9.17) is 5.11 Å². The molecule has 2 N–H and O–H groups in total. The van der Waals surface area contributed by atoms with E-state index in [2.05, 4.69) is 20.4 Å². The highest BCUT2D eigenvalue weighted by Crippen LogP contribution is 2.28. The third-order valence-corrected chi connectivity index (χ3v) is 2.52. The van der Waals surface area contributed by atoms with Crippen LogP contribution in [0.15, 0.2) is 24.7 Å². The molecule has 21 heavy (non-hydrogen) atoms. The molecule has 112 valence electrons. The summed E-state index contributed by atoms with van der Waals surface area (Å²) in [5.74, 6) is -1.72. The van der Waals surface area contributed by atoms with Crippen LogP contribution >= 0.6 is 0 Å². The van der Waals surface area contributed by atoms with Gasteiger partial charge in [0.05, 0.1) is 6.20 Å². The summed E-state index contributed by atoms with van der Waals surface area (Å²) in [5.41, 5.74) is -0.888. The lowest BCUT2D eigenvalue weighted by atomic mass is 10.1. The van der Waals surface area contributed by atoms with Crippen molar-refractivity contribution in [1.29, 1.82) is 0 Å². The Balaban J connectivity index is 2.28. The minimum atomic E-state index is -4.63. The number of rotatable bonds is 4. The lowest BCUT2D eigenvalue weighted by Gasteiger charge is -2.13.